The number of carbonyl (C=O) groups excluding carboxylic acids is 1. The average Bonchev–Trinajstić information content (AvgIpc) is 2.24. The summed E-state index contributed by atoms with van der Waals surface area (Å²) in [7, 11) is 0. The van der Waals surface area contributed by atoms with Crippen molar-refractivity contribution < 1.29 is 9.53 Å². The van der Waals surface area contributed by atoms with Crippen molar-refractivity contribution in [1.82, 2.24) is 15.0 Å². The Bertz CT molecular complexity index is 520. The summed E-state index contributed by atoms with van der Waals surface area (Å²) in [5.41, 5.74) is -1.23. The van der Waals surface area contributed by atoms with Crippen molar-refractivity contribution in [3.05, 3.63) is 17.5 Å². The van der Waals surface area contributed by atoms with Crippen LogP contribution in [0.25, 0.3) is 0 Å². The fourth-order valence-electron chi connectivity index (χ4n) is 1.30. The van der Waals surface area contributed by atoms with E-state index in [9.17, 15) is 4.79 Å². The highest BCUT2D eigenvalue weighted by Gasteiger charge is 2.37. The lowest BCUT2D eigenvalue weighted by atomic mass is 10.1. The molecule has 1 rings (SSSR count). The summed E-state index contributed by atoms with van der Waals surface area (Å²) in [6, 6.07) is 0. The van der Waals surface area contributed by atoms with Gasteiger partial charge in [-0.1, -0.05) is 69.6 Å². The van der Waals surface area contributed by atoms with E-state index in [0.717, 1.165) is 0 Å². The van der Waals surface area contributed by atoms with Gasteiger partial charge in [-0.15, -0.1) is 0 Å². The van der Waals surface area contributed by atoms with Crippen LogP contribution in [0, 0.1) is 0 Å². The molecule has 0 fully saturated rings. The molecule has 0 aliphatic rings. The topological polar surface area (TPSA) is 65.0 Å². The standard InChI is InChI=1S/C10H9Cl6N3O2/c1-4(20)21-8(2,3)5-17-6(9(11,12)13)19-7(18-5)10(14,15)16/h1-3H3. The van der Waals surface area contributed by atoms with Gasteiger partial charge in [0.05, 0.1) is 0 Å². The van der Waals surface area contributed by atoms with Crippen molar-refractivity contribution in [2.75, 3.05) is 0 Å². The third-order valence-corrected chi connectivity index (χ3v) is 3.09. The van der Waals surface area contributed by atoms with Crippen LogP contribution >= 0.6 is 69.6 Å². The SMILES string of the molecule is CC(=O)OC(C)(C)c1nc(C(Cl)(Cl)Cl)nc(C(Cl)(Cl)Cl)n1. The number of esters is 1. The zero-order valence-electron chi connectivity index (χ0n) is 10.9. The van der Waals surface area contributed by atoms with Crippen molar-refractivity contribution in [1.29, 1.82) is 0 Å². The lowest BCUT2D eigenvalue weighted by molar-refractivity contribution is -0.155. The predicted octanol–water partition coefficient (Wildman–Crippen LogP) is 4.32. The predicted molar refractivity (Wildman–Crippen MR) is 83.1 cm³/mol. The van der Waals surface area contributed by atoms with Gasteiger partial charge in [0.1, 0.15) is 0 Å². The Morgan fingerprint density at radius 1 is 0.857 bits per heavy atom. The van der Waals surface area contributed by atoms with Crippen molar-refractivity contribution in [3.8, 4) is 0 Å². The number of hydrogen-bond acceptors (Lipinski definition) is 5. The van der Waals surface area contributed by atoms with Gasteiger partial charge in [0.25, 0.3) is 0 Å². The van der Waals surface area contributed by atoms with Gasteiger partial charge in [-0.3, -0.25) is 4.79 Å². The number of halogens is 6. The highest BCUT2D eigenvalue weighted by atomic mass is 35.6. The molecule has 0 unspecified atom stereocenters. The minimum absolute atomic E-state index is 0.0182. The van der Waals surface area contributed by atoms with Crippen LogP contribution in [0.4, 0.5) is 0 Å². The van der Waals surface area contributed by atoms with Gasteiger partial charge in [0, 0.05) is 6.92 Å². The molecule has 0 radical (unpaired) electrons. The van der Waals surface area contributed by atoms with Gasteiger partial charge >= 0.3 is 5.97 Å². The molecule has 0 bridgehead atoms. The third-order valence-electron chi connectivity index (χ3n) is 2.08. The molecule has 21 heavy (non-hydrogen) atoms. The van der Waals surface area contributed by atoms with Gasteiger partial charge in [-0.05, 0) is 13.8 Å². The van der Waals surface area contributed by atoms with Crippen molar-refractivity contribution in [2.45, 2.75) is 34.0 Å². The van der Waals surface area contributed by atoms with Gasteiger partial charge in [0.15, 0.2) is 23.1 Å². The molecule has 118 valence electrons. The number of carbonyl (C=O) groups is 1. The number of rotatable bonds is 2. The van der Waals surface area contributed by atoms with Crippen LogP contribution in [0.15, 0.2) is 0 Å². The largest absolute Gasteiger partial charge is 0.452 e. The van der Waals surface area contributed by atoms with Gasteiger partial charge in [-0.2, -0.15) is 0 Å². The highest BCUT2D eigenvalue weighted by molar-refractivity contribution is 6.67. The Morgan fingerprint density at radius 2 is 1.19 bits per heavy atom. The third kappa shape index (κ3) is 5.41. The number of hydrogen-bond donors (Lipinski definition) is 0. The number of ether oxygens (including phenoxy) is 1. The van der Waals surface area contributed by atoms with Gasteiger partial charge < -0.3 is 4.74 Å². The Labute approximate surface area is 151 Å². The maximum Gasteiger partial charge on any atom is 0.303 e. The zero-order valence-corrected chi connectivity index (χ0v) is 15.5. The van der Waals surface area contributed by atoms with Crippen LogP contribution in [0.2, 0.25) is 0 Å². The monoisotopic (exact) mass is 413 g/mol. The van der Waals surface area contributed by atoms with E-state index in [-0.39, 0.29) is 17.5 Å². The molecule has 0 aromatic carbocycles. The zero-order chi connectivity index (χ0) is 16.6. The molecule has 0 aliphatic heterocycles. The first-order valence-electron chi connectivity index (χ1n) is 5.34. The van der Waals surface area contributed by atoms with Crippen LogP contribution in [0.1, 0.15) is 38.2 Å². The highest BCUT2D eigenvalue weighted by Crippen LogP contribution is 2.40. The Hall–Kier alpha value is 0.220. The molecule has 0 saturated heterocycles. The fourth-order valence-corrected chi connectivity index (χ4v) is 1.81. The van der Waals surface area contributed by atoms with E-state index in [4.69, 9.17) is 74.3 Å². The molecule has 0 saturated carbocycles. The molecule has 0 amide bonds. The molecular formula is C10H9Cl6N3O2. The average molecular weight is 416 g/mol. The van der Waals surface area contributed by atoms with E-state index in [1.165, 1.54) is 20.8 Å². The smallest absolute Gasteiger partial charge is 0.303 e. The van der Waals surface area contributed by atoms with Crippen LogP contribution in [0.3, 0.4) is 0 Å². The first kappa shape index (κ1) is 19.3. The second-order valence-electron chi connectivity index (χ2n) is 4.41. The molecule has 0 spiro atoms. The van der Waals surface area contributed by atoms with Crippen LogP contribution in [-0.4, -0.2) is 20.9 Å². The molecule has 5 nitrogen and oxygen atoms in total. The minimum atomic E-state index is -1.96. The van der Waals surface area contributed by atoms with E-state index >= 15 is 0 Å². The summed E-state index contributed by atoms with van der Waals surface area (Å²) in [6.45, 7) is 4.30. The number of alkyl halides is 6. The molecule has 0 N–H and O–H groups in total. The maximum atomic E-state index is 11.1. The molecule has 11 heteroatoms. The van der Waals surface area contributed by atoms with E-state index in [1.54, 1.807) is 0 Å². The van der Waals surface area contributed by atoms with Crippen molar-refractivity contribution in [3.63, 3.8) is 0 Å². The quantitative estimate of drug-likeness (QED) is 0.531. The summed E-state index contributed by atoms with van der Waals surface area (Å²) in [5.74, 6) is -1.07. The summed E-state index contributed by atoms with van der Waals surface area (Å²) in [4.78, 5) is 22.9. The summed E-state index contributed by atoms with van der Waals surface area (Å²) < 4.78 is 1.18. The minimum Gasteiger partial charge on any atom is -0.452 e. The summed E-state index contributed by atoms with van der Waals surface area (Å²) >= 11 is 34.5. The fraction of sp³-hybridized carbons (Fsp3) is 0.600. The Morgan fingerprint density at radius 3 is 1.48 bits per heavy atom. The first-order chi connectivity index (χ1) is 9.23. The summed E-state index contributed by atoms with van der Waals surface area (Å²) in [5, 5.41) is 0. The second kappa shape index (κ2) is 6.38. The normalized spacial score (nSPS) is 13.2. The molecule has 1 aromatic rings. The van der Waals surface area contributed by atoms with E-state index in [2.05, 4.69) is 15.0 Å². The number of nitrogens with zero attached hydrogens (tertiary/aromatic N) is 3. The second-order valence-corrected chi connectivity index (χ2v) is 8.97. The van der Waals surface area contributed by atoms with E-state index in [1.807, 2.05) is 0 Å². The molecule has 1 heterocycles. The Balaban J connectivity index is 3.49. The van der Waals surface area contributed by atoms with Crippen LogP contribution in [0.5, 0.6) is 0 Å². The van der Waals surface area contributed by atoms with E-state index in [0.29, 0.717) is 0 Å². The Kier molecular flexibility index (Phi) is 5.85. The maximum absolute atomic E-state index is 11.1. The molecule has 0 atom stereocenters. The van der Waals surface area contributed by atoms with Gasteiger partial charge in [0.2, 0.25) is 7.59 Å². The lowest BCUT2D eigenvalue weighted by Gasteiger charge is -2.25. The first-order valence-corrected chi connectivity index (χ1v) is 7.61. The number of aromatic nitrogens is 3. The van der Waals surface area contributed by atoms with Gasteiger partial charge in [-0.25, -0.2) is 15.0 Å². The van der Waals surface area contributed by atoms with Crippen molar-refractivity contribution >= 4 is 75.6 Å². The molecular weight excluding hydrogens is 407 g/mol. The van der Waals surface area contributed by atoms with Crippen LogP contribution < -0.4 is 0 Å². The molecule has 0 aliphatic carbocycles. The van der Waals surface area contributed by atoms with Crippen LogP contribution in [-0.2, 0) is 22.7 Å². The molecule has 1 aromatic heterocycles. The van der Waals surface area contributed by atoms with Crippen molar-refractivity contribution in [2.24, 2.45) is 0 Å². The summed E-state index contributed by atoms with van der Waals surface area (Å²) in [6.07, 6.45) is 0. The van der Waals surface area contributed by atoms with E-state index < -0.39 is 19.2 Å². The lowest BCUT2D eigenvalue weighted by Crippen LogP contribution is -2.30.